The van der Waals surface area contributed by atoms with Crippen molar-refractivity contribution in [2.75, 3.05) is 11.1 Å². The summed E-state index contributed by atoms with van der Waals surface area (Å²) in [6.45, 7) is 2.88. The number of nitrogen functional groups attached to an aromatic ring is 1. The van der Waals surface area contributed by atoms with Crippen LogP contribution in [0.25, 0.3) is 11.0 Å². The van der Waals surface area contributed by atoms with Crippen LogP contribution in [0.2, 0.25) is 0 Å². The summed E-state index contributed by atoms with van der Waals surface area (Å²) in [4.78, 5) is 4.02. The average molecular weight is 258 g/mol. The van der Waals surface area contributed by atoms with E-state index in [1.807, 2.05) is 16.8 Å². The molecule has 0 amide bonds. The molecule has 2 heterocycles. The van der Waals surface area contributed by atoms with Crippen LogP contribution in [0.4, 0.5) is 11.4 Å². The van der Waals surface area contributed by atoms with Gasteiger partial charge in [-0.1, -0.05) is 0 Å². The minimum Gasteiger partial charge on any atom is -0.397 e. The molecular weight excluding hydrogens is 244 g/mol. The molecular formula is C12H14N6O. The van der Waals surface area contributed by atoms with E-state index in [0.717, 1.165) is 12.2 Å². The zero-order valence-corrected chi connectivity index (χ0v) is 10.4. The monoisotopic (exact) mass is 258 g/mol. The van der Waals surface area contributed by atoms with Gasteiger partial charge in [0.25, 0.3) is 0 Å². The van der Waals surface area contributed by atoms with Crippen LogP contribution in [-0.4, -0.2) is 25.9 Å². The molecule has 0 spiro atoms. The highest BCUT2D eigenvalue weighted by atomic mass is 16.6. The van der Waals surface area contributed by atoms with E-state index >= 15 is 0 Å². The third-order valence-corrected chi connectivity index (χ3v) is 2.89. The number of rotatable bonds is 4. The molecule has 2 aromatic heterocycles. The van der Waals surface area contributed by atoms with Gasteiger partial charge in [-0.3, -0.25) is 0 Å². The van der Waals surface area contributed by atoms with Gasteiger partial charge in [-0.15, -0.1) is 0 Å². The summed E-state index contributed by atoms with van der Waals surface area (Å²) < 4.78 is 6.75. The minimum absolute atomic E-state index is 0.206. The predicted molar refractivity (Wildman–Crippen MR) is 71.5 cm³/mol. The van der Waals surface area contributed by atoms with Crippen LogP contribution < -0.4 is 11.1 Å². The minimum atomic E-state index is 0.206. The molecule has 98 valence electrons. The molecule has 3 rings (SSSR count). The zero-order valence-electron chi connectivity index (χ0n) is 10.4. The molecule has 0 radical (unpaired) electrons. The molecule has 1 atom stereocenters. The van der Waals surface area contributed by atoms with E-state index in [9.17, 15) is 0 Å². The normalized spacial score (nSPS) is 12.7. The number of fused-ring (bicyclic) bond motifs is 1. The summed E-state index contributed by atoms with van der Waals surface area (Å²) in [5.41, 5.74) is 8.46. The maximum Gasteiger partial charge on any atom is 0.160 e. The Labute approximate surface area is 109 Å². The third kappa shape index (κ3) is 2.22. The van der Waals surface area contributed by atoms with Crippen molar-refractivity contribution in [3.63, 3.8) is 0 Å². The van der Waals surface area contributed by atoms with E-state index in [4.69, 9.17) is 10.4 Å². The first-order valence-electron chi connectivity index (χ1n) is 5.97. The SMILES string of the molecule is CC(Cn1ccnc1)Nc1ccc(N)c2nonc12. The van der Waals surface area contributed by atoms with Crippen LogP contribution in [0, 0.1) is 0 Å². The maximum atomic E-state index is 5.81. The van der Waals surface area contributed by atoms with Gasteiger partial charge >= 0.3 is 0 Å². The molecule has 0 bridgehead atoms. The molecule has 19 heavy (non-hydrogen) atoms. The Bertz CT molecular complexity index is 675. The van der Waals surface area contributed by atoms with Crippen molar-refractivity contribution in [1.82, 2.24) is 19.9 Å². The Hall–Kier alpha value is -2.57. The summed E-state index contributed by atoms with van der Waals surface area (Å²) in [6, 6.07) is 3.88. The predicted octanol–water partition coefficient (Wildman–Crippen LogP) is 1.50. The van der Waals surface area contributed by atoms with Crippen LogP contribution in [0.3, 0.4) is 0 Å². The lowest BCUT2D eigenvalue weighted by molar-refractivity contribution is 0.315. The molecule has 0 aliphatic carbocycles. The first kappa shape index (κ1) is 11.5. The van der Waals surface area contributed by atoms with Gasteiger partial charge in [-0.2, -0.15) is 0 Å². The van der Waals surface area contributed by atoms with Crippen molar-refractivity contribution in [3.05, 3.63) is 30.9 Å². The third-order valence-electron chi connectivity index (χ3n) is 2.89. The number of anilines is 2. The van der Waals surface area contributed by atoms with Gasteiger partial charge in [0, 0.05) is 25.0 Å². The number of imidazole rings is 1. The second-order valence-corrected chi connectivity index (χ2v) is 4.47. The number of nitrogens with one attached hydrogen (secondary N) is 1. The smallest absolute Gasteiger partial charge is 0.160 e. The van der Waals surface area contributed by atoms with E-state index in [0.29, 0.717) is 16.7 Å². The zero-order chi connectivity index (χ0) is 13.2. The quantitative estimate of drug-likeness (QED) is 0.689. The molecule has 3 N–H and O–H groups in total. The van der Waals surface area contributed by atoms with Crippen LogP contribution >= 0.6 is 0 Å². The van der Waals surface area contributed by atoms with Crippen molar-refractivity contribution >= 4 is 22.4 Å². The Morgan fingerprint density at radius 2 is 2.21 bits per heavy atom. The molecule has 1 unspecified atom stereocenters. The molecule has 7 heteroatoms. The lowest BCUT2D eigenvalue weighted by Crippen LogP contribution is -2.21. The fraction of sp³-hybridized carbons (Fsp3) is 0.250. The Morgan fingerprint density at radius 1 is 1.37 bits per heavy atom. The van der Waals surface area contributed by atoms with Crippen LogP contribution in [0.5, 0.6) is 0 Å². The highest BCUT2D eigenvalue weighted by Gasteiger charge is 2.12. The standard InChI is InChI=1S/C12H14N6O/c1-8(6-18-5-4-14-7-18)15-10-3-2-9(13)11-12(10)17-19-16-11/h2-5,7-8,15H,6,13H2,1H3. The first-order valence-corrected chi connectivity index (χ1v) is 5.97. The van der Waals surface area contributed by atoms with Gasteiger partial charge in [0.15, 0.2) is 11.0 Å². The van der Waals surface area contributed by atoms with Crippen molar-refractivity contribution in [2.45, 2.75) is 19.5 Å². The van der Waals surface area contributed by atoms with E-state index in [1.54, 1.807) is 18.6 Å². The Balaban J connectivity index is 1.81. The van der Waals surface area contributed by atoms with Gasteiger partial charge in [-0.05, 0) is 29.4 Å². The number of nitrogens with two attached hydrogens (primary N) is 1. The van der Waals surface area contributed by atoms with Crippen LogP contribution in [0.1, 0.15) is 6.92 Å². The molecule has 7 nitrogen and oxygen atoms in total. The van der Waals surface area contributed by atoms with Crippen molar-refractivity contribution < 1.29 is 4.63 Å². The van der Waals surface area contributed by atoms with Gasteiger partial charge in [-0.25, -0.2) is 9.61 Å². The fourth-order valence-corrected chi connectivity index (χ4v) is 2.02. The van der Waals surface area contributed by atoms with Crippen LogP contribution in [0.15, 0.2) is 35.5 Å². The Kier molecular flexibility index (Phi) is 2.79. The van der Waals surface area contributed by atoms with E-state index < -0.39 is 0 Å². The molecule has 0 saturated heterocycles. The number of hydrogen-bond acceptors (Lipinski definition) is 6. The lowest BCUT2D eigenvalue weighted by atomic mass is 10.2. The molecule has 3 aromatic rings. The summed E-state index contributed by atoms with van der Waals surface area (Å²) in [5, 5.41) is 11.0. The maximum absolute atomic E-state index is 5.81. The topological polar surface area (TPSA) is 94.8 Å². The summed E-state index contributed by atoms with van der Waals surface area (Å²) in [7, 11) is 0. The molecule has 1 aromatic carbocycles. The average Bonchev–Trinajstić information content (AvgIpc) is 3.03. The largest absolute Gasteiger partial charge is 0.397 e. The number of hydrogen-bond donors (Lipinski definition) is 2. The summed E-state index contributed by atoms with van der Waals surface area (Å²) >= 11 is 0. The van der Waals surface area contributed by atoms with Crippen molar-refractivity contribution in [3.8, 4) is 0 Å². The van der Waals surface area contributed by atoms with Gasteiger partial charge < -0.3 is 15.6 Å². The van der Waals surface area contributed by atoms with E-state index in [1.165, 1.54) is 0 Å². The van der Waals surface area contributed by atoms with Gasteiger partial charge in [0.2, 0.25) is 0 Å². The number of aromatic nitrogens is 4. The number of benzene rings is 1. The molecule has 0 saturated carbocycles. The van der Waals surface area contributed by atoms with Crippen LogP contribution in [-0.2, 0) is 6.54 Å². The lowest BCUT2D eigenvalue weighted by Gasteiger charge is -2.15. The molecule has 0 aliphatic heterocycles. The van der Waals surface area contributed by atoms with Crippen molar-refractivity contribution in [1.29, 1.82) is 0 Å². The second-order valence-electron chi connectivity index (χ2n) is 4.47. The number of nitrogens with zero attached hydrogens (tertiary/aromatic N) is 4. The van der Waals surface area contributed by atoms with E-state index in [-0.39, 0.29) is 6.04 Å². The molecule has 0 fully saturated rings. The highest BCUT2D eigenvalue weighted by molar-refractivity contribution is 5.94. The second kappa shape index (κ2) is 4.60. The Morgan fingerprint density at radius 3 is 3.00 bits per heavy atom. The van der Waals surface area contributed by atoms with Crippen molar-refractivity contribution in [2.24, 2.45) is 0 Å². The summed E-state index contributed by atoms with van der Waals surface area (Å²) in [5.74, 6) is 0. The fourth-order valence-electron chi connectivity index (χ4n) is 2.02. The van der Waals surface area contributed by atoms with E-state index in [2.05, 4.69) is 27.5 Å². The highest BCUT2D eigenvalue weighted by Crippen LogP contribution is 2.25. The first-order chi connectivity index (χ1) is 9.24. The molecule has 0 aliphatic rings. The summed E-state index contributed by atoms with van der Waals surface area (Å²) in [6.07, 6.45) is 5.47. The van der Waals surface area contributed by atoms with Gasteiger partial charge in [0.05, 0.1) is 17.7 Å². The van der Waals surface area contributed by atoms with Gasteiger partial charge in [0.1, 0.15) is 0 Å².